The van der Waals surface area contributed by atoms with Gasteiger partial charge in [-0.05, 0) is 19.1 Å². The first-order chi connectivity index (χ1) is 11.1. The zero-order valence-electron chi connectivity index (χ0n) is 12.9. The van der Waals surface area contributed by atoms with Crippen molar-refractivity contribution in [1.29, 1.82) is 0 Å². The Morgan fingerprint density at radius 1 is 1.39 bits per heavy atom. The largest absolute Gasteiger partial charge is 0.464 e. The number of ether oxygens (including phenoxy) is 1. The number of hydrogen-bond donors (Lipinski definition) is 1. The Kier molecular flexibility index (Phi) is 4.36. The number of nitrogens with one attached hydrogen (secondary N) is 1. The van der Waals surface area contributed by atoms with E-state index < -0.39 is 6.04 Å². The number of cyclic esters (lactones) is 1. The molecule has 0 bridgehead atoms. The number of aromatic nitrogens is 3. The lowest BCUT2D eigenvalue weighted by atomic mass is 10.2. The summed E-state index contributed by atoms with van der Waals surface area (Å²) in [5, 5.41) is 10.8. The minimum atomic E-state index is -0.509. The molecule has 1 aromatic heterocycles. The van der Waals surface area contributed by atoms with Gasteiger partial charge in [-0.3, -0.25) is 4.79 Å². The van der Waals surface area contributed by atoms with E-state index in [0.717, 1.165) is 11.4 Å². The number of carbonyl (C=O) groups is 2. The third kappa shape index (κ3) is 3.74. The van der Waals surface area contributed by atoms with Crippen LogP contribution in [-0.4, -0.2) is 39.5 Å². The third-order valence-corrected chi connectivity index (χ3v) is 3.72. The molecule has 0 unspecified atom stereocenters. The molecule has 1 saturated heterocycles. The van der Waals surface area contributed by atoms with Crippen molar-refractivity contribution in [3.05, 3.63) is 41.7 Å². The van der Waals surface area contributed by atoms with Crippen molar-refractivity contribution in [3.63, 3.8) is 0 Å². The average molecular weight is 314 g/mol. The van der Waals surface area contributed by atoms with Crippen molar-refractivity contribution in [2.24, 2.45) is 0 Å². The molecular weight excluding hydrogens is 296 g/mol. The molecule has 7 nitrogen and oxygen atoms in total. The highest BCUT2D eigenvalue weighted by molar-refractivity contribution is 5.85. The van der Waals surface area contributed by atoms with Gasteiger partial charge in [0.25, 0.3) is 0 Å². The molecule has 0 radical (unpaired) electrons. The topological polar surface area (TPSA) is 86.1 Å². The van der Waals surface area contributed by atoms with E-state index in [0.29, 0.717) is 19.4 Å². The molecule has 7 heteroatoms. The second-order valence-corrected chi connectivity index (χ2v) is 5.57. The van der Waals surface area contributed by atoms with Gasteiger partial charge < -0.3 is 10.1 Å². The van der Waals surface area contributed by atoms with Crippen LogP contribution in [0.2, 0.25) is 0 Å². The molecule has 0 saturated carbocycles. The predicted molar refractivity (Wildman–Crippen MR) is 81.9 cm³/mol. The van der Waals surface area contributed by atoms with Crippen LogP contribution in [0.5, 0.6) is 0 Å². The fourth-order valence-corrected chi connectivity index (χ4v) is 2.37. The maximum Gasteiger partial charge on any atom is 0.328 e. The monoisotopic (exact) mass is 314 g/mol. The third-order valence-electron chi connectivity index (χ3n) is 3.72. The van der Waals surface area contributed by atoms with Crippen molar-refractivity contribution in [3.8, 4) is 5.69 Å². The summed E-state index contributed by atoms with van der Waals surface area (Å²) in [7, 11) is 0. The number of rotatable bonds is 5. The Morgan fingerprint density at radius 2 is 2.17 bits per heavy atom. The predicted octanol–water partition coefficient (Wildman–Crippen LogP) is 0.940. The number of benzene rings is 1. The summed E-state index contributed by atoms with van der Waals surface area (Å²) in [5.74, 6) is -0.539. The van der Waals surface area contributed by atoms with Crippen molar-refractivity contribution in [2.45, 2.75) is 32.2 Å². The second kappa shape index (κ2) is 6.60. The molecule has 0 aliphatic carbocycles. The molecule has 1 fully saturated rings. The van der Waals surface area contributed by atoms with Crippen LogP contribution in [0, 0.1) is 6.92 Å². The summed E-state index contributed by atoms with van der Waals surface area (Å²) >= 11 is 0. The molecule has 2 aromatic rings. The van der Waals surface area contributed by atoms with Gasteiger partial charge in [0.1, 0.15) is 6.04 Å². The van der Waals surface area contributed by atoms with Crippen LogP contribution in [0.25, 0.3) is 5.69 Å². The van der Waals surface area contributed by atoms with Gasteiger partial charge in [-0.15, -0.1) is 5.10 Å². The number of hydrogen-bond acceptors (Lipinski definition) is 5. The van der Waals surface area contributed by atoms with Crippen LogP contribution in [0.4, 0.5) is 0 Å². The molecule has 2 heterocycles. The summed E-state index contributed by atoms with van der Waals surface area (Å²) in [4.78, 5) is 23.2. The quantitative estimate of drug-likeness (QED) is 0.830. The van der Waals surface area contributed by atoms with E-state index in [4.69, 9.17) is 4.74 Å². The first kappa shape index (κ1) is 15.2. The van der Waals surface area contributed by atoms with Crippen molar-refractivity contribution >= 4 is 11.9 Å². The lowest BCUT2D eigenvalue weighted by molar-refractivity contribution is -0.141. The molecule has 1 amide bonds. The maximum atomic E-state index is 11.9. The van der Waals surface area contributed by atoms with E-state index in [2.05, 4.69) is 15.6 Å². The Morgan fingerprint density at radius 3 is 2.87 bits per heavy atom. The second-order valence-electron chi connectivity index (χ2n) is 5.57. The fraction of sp³-hybridized carbons (Fsp3) is 0.375. The SMILES string of the molecule is Cc1ccc(-n2cc(CCC(=O)N[C@H]3CCOC3=O)nn2)cc1. The van der Waals surface area contributed by atoms with Gasteiger partial charge in [0.05, 0.1) is 24.2 Å². The lowest BCUT2D eigenvalue weighted by Gasteiger charge is -2.07. The molecule has 1 aliphatic rings. The van der Waals surface area contributed by atoms with Gasteiger partial charge in [0.15, 0.2) is 0 Å². The number of nitrogens with zero attached hydrogens (tertiary/aromatic N) is 3. The number of esters is 1. The van der Waals surface area contributed by atoms with Crippen molar-refractivity contribution in [2.75, 3.05) is 6.61 Å². The van der Waals surface area contributed by atoms with Crippen LogP contribution in [0.1, 0.15) is 24.1 Å². The average Bonchev–Trinajstić information content (AvgIpc) is 3.16. The smallest absolute Gasteiger partial charge is 0.328 e. The van der Waals surface area contributed by atoms with Crippen LogP contribution < -0.4 is 5.32 Å². The lowest BCUT2D eigenvalue weighted by Crippen LogP contribution is -2.38. The minimum Gasteiger partial charge on any atom is -0.464 e. The summed E-state index contributed by atoms with van der Waals surface area (Å²) < 4.78 is 6.49. The van der Waals surface area contributed by atoms with Gasteiger partial charge in [-0.2, -0.15) is 0 Å². The van der Waals surface area contributed by atoms with Crippen molar-refractivity contribution in [1.82, 2.24) is 20.3 Å². The fourth-order valence-electron chi connectivity index (χ4n) is 2.37. The van der Waals surface area contributed by atoms with E-state index in [1.807, 2.05) is 37.4 Å². The highest BCUT2D eigenvalue weighted by Gasteiger charge is 2.27. The van der Waals surface area contributed by atoms with Gasteiger partial charge >= 0.3 is 5.97 Å². The molecular formula is C16H18N4O3. The van der Waals surface area contributed by atoms with E-state index >= 15 is 0 Å². The first-order valence-corrected chi connectivity index (χ1v) is 7.56. The number of amides is 1. The highest BCUT2D eigenvalue weighted by Crippen LogP contribution is 2.10. The zero-order chi connectivity index (χ0) is 16.2. The van der Waals surface area contributed by atoms with Gasteiger partial charge in [0, 0.05) is 19.3 Å². The molecule has 120 valence electrons. The number of carbonyl (C=O) groups excluding carboxylic acids is 2. The molecule has 23 heavy (non-hydrogen) atoms. The van der Waals surface area contributed by atoms with E-state index in [1.165, 1.54) is 5.56 Å². The summed E-state index contributed by atoms with van der Waals surface area (Å²) in [5.41, 5.74) is 2.83. The summed E-state index contributed by atoms with van der Waals surface area (Å²) in [6, 6.07) is 7.43. The van der Waals surface area contributed by atoms with Crippen LogP contribution >= 0.6 is 0 Å². The Bertz CT molecular complexity index is 708. The Labute approximate surface area is 133 Å². The van der Waals surface area contributed by atoms with Crippen LogP contribution in [0.15, 0.2) is 30.5 Å². The molecule has 0 spiro atoms. The summed E-state index contributed by atoms with van der Waals surface area (Å²) in [6.07, 6.45) is 3.08. The number of aryl methyl sites for hydroxylation is 2. The normalized spacial score (nSPS) is 17.1. The Balaban J connectivity index is 1.53. The Hall–Kier alpha value is -2.70. The van der Waals surface area contributed by atoms with Gasteiger partial charge in [-0.25, -0.2) is 9.48 Å². The summed E-state index contributed by atoms with van der Waals surface area (Å²) in [6.45, 7) is 2.39. The van der Waals surface area contributed by atoms with E-state index in [-0.39, 0.29) is 18.3 Å². The van der Waals surface area contributed by atoms with E-state index in [9.17, 15) is 9.59 Å². The molecule has 1 N–H and O–H groups in total. The van der Waals surface area contributed by atoms with E-state index in [1.54, 1.807) is 4.68 Å². The van der Waals surface area contributed by atoms with Crippen molar-refractivity contribution < 1.29 is 14.3 Å². The van der Waals surface area contributed by atoms with Crippen LogP contribution in [0.3, 0.4) is 0 Å². The minimum absolute atomic E-state index is 0.182. The molecule has 1 aliphatic heterocycles. The standard InChI is InChI=1S/C16H18N4O3/c1-11-2-5-13(6-3-11)20-10-12(18-19-20)4-7-15(21)17-14-8-9-23-16(14)22/h2-3,5-6,10,14H,4,7-9H2,1H3,(H,17,21)/t14-/m0/s1. The van der Waals surface area contributed by atoms with Crippen LogP contribution in [-0.2, 0) is 20.7 Å². The molecule has 1 atom stereocenters. The first-order valence-electron chi connectivity index (χ1n) is 7.56. The highest BCUT2D eigenvalue weighted by atomic mass is 16.5. The molecule has 3 rings (SSSR count). The zero-order valence-corrected chi connectivity index (χ0v) is 12.9. The van der Waals surface area contributed by atoms with Gasteiger partial charge in [0.2, 0.25) is 5.91 Å². The molecule has 1 aromatic carbocycles. The maximum absolute atomic E-state index is 11.9. The van der Waals surface area contributed by atoms with Gasteiger partial charge in [-0.1, -0.05) is 22.9 Å².